The van der Waals surface area contributed by atoms with Crippen molar-refractivity contribution in [1.82, 2.24) is 9.62 Å². The van der Waals surface area contributed by atoms with E-state index in [1.165, 1.54) is 4.31 Å². The minimum Gasteiger partial charge on any atom is -0.455 e. The Morgan fingerprint density at radius 2 is 1.82 bits per heavy atom. The summed E-state index contributed by atoms with van der Waals surface area (Å²) in [7, 11) is -3.56. The van der Waals surface area contributed by atoms with E-state index in [0.717, 1.165) is 18.4 Å². The average Bonchev–Trinajstić information content (AvgIpc) is 2.66. The zero-order valence-electron chi connectivity index (χ0n) is 16.8. The number of esters is 1. The summed E-state index contributed by atoms with van der Waals surface area (Å²) in [5.41, 5.74) is 0.994. The monoisotopic (exact) mass is 410 g/mol. The first-order valence-corrected chi connectivity index (χ1v) is 11.2. The molecule has 1 unspecified atom stereocenters. The smallest absolute Gasteiger partial charge is 0.309 e. The largest absolute Gasteiger partial charge is 0.455 e. The van der Waals surface area contributed by atoms with Crippen molar-refractivity contribution in [2.75, 3.05) is 19.7 Å². The summed E-state index contributed by atoms with van der Waals surface area (Å²) in [4.78, 5) is 24.3. The lowest BCUT2D eigenvalue weighted by Crippen LogP contribution is -2.41. The van der Waals surface area contributed by atoms with Crippen LogP contribution in [0.5, 0.6) is 0 Å². The van der Waals surface area contributed by atoms with Gasteiger partial charge in [0.15, 0.2) is 6.61 Å². The summed E-state index contributed by atoms with van der Waals surface area (Å²) >= 11 is 0. The number of nitrogens with zero attached hydrogens (tertiary/aromatic N) is 1. The molecule has 8 heteroatoms. The van der Waals surface area contributed by atoms with Gasteiger partial charge in [-0.3, -0.25) is 9.59 Å². The number of nitrogens with one attached hydrogen (secondary N) is 1. The number of sulfonamides is 1. The van der Waals surface area contributed by atoms with Gasteiger partial charge in [-0.25, -0.2) is 8.42 Å². The molecule has 0 bridgehead atoms. The van der Waals surface area contributed by atoms with Crippen molar-refractivity contribution in [3.05, 3.63) is 29.8 Å². The number of carbonyl (C=O) groups excluding carboxylic acids is 2. The summed E-state index contributed by atoms with van der Waals surface area (Å²) in [5, 5.41) is 2.78. The molecule has 1 N–H and O–H groups in total. The summed E-state index contributed by atoms with van der Waals surface area (Å²) in [6, 6.07) is 6.78. The first-order chi connectivity index (χ1) is 13.2. The molecule has 0 spiro atoms. The van der Waals surface area contributed by atoms with E-state index in [2.05, 4.69) is 5.32 Å². The van der Waals surface area contributed by atoms with Crippen molar-refractivity contribution in [2.24, 2.45) is 5.92 Å². The minimum atomic E-state index is -3.56. The molecule has 1 saturated heterocycles. The van der Waals surface area contributed by atoms with E-state index in [1.54, 1.807) is 24.3 Å². The third-order valence-electron chi connectivity index (χ3n) is 4.92. The number of piperidine rings is 1. The quantitative estimate of drug-likeness (QED) is 0.664. The van der Waals surface area contributed by atoms with Crippen molar-refractivity contribution in [2.45, 2.75) is 57.4 Å². The maximum atomic E-state index is 12.7. The van der Waals surface area contributed by atoms with Crippen molar-refractivity contribution in [1.29, 1.82) is 0 Å². The van der Waals surface area contributed by atoms with Crippen LogP contribution in [-0.2, 0) is 24.3 Å². The highest BCUT2D eigenvalue weighted by atomic mass is 32.2. The van der Waals surface area contributed by atoms with E-state index >= 15 is 0 Å². The zero-order chi connectivity index (χ0) is 20.7. The van der Waals surface area contributed by atoms with Crippen LogP contribution in [0.15, 0.2) is 29.2 Å². The van der Waals surface area contributed by atoms with Gasteiger partial charge in [-0.05, 0) is 45.2 Å². The summed E-state index contributed by atoms with van der Waals surface area (Å²) in [6.07, 6.45) is 2.61. The number of ether oxygens (including phenoxy) is 1. The van der Waals surface area contributed by atoms with Crippen LogP contribution in [0.4, 0.5) is 0 Å². The van der Waals surface area contributed by atoms with Crippen LogP contribution in [0.25, 0.3) is 0 Å². The van der Waals surface area contributed by atoms with E-state index in [0.29, 0.717) is 12.8 Å². The van der Waals surface area contributed by atoms with Crippen LogP contribution >= 0.6 is 0 Å². The van der Waals surface area contributed by atoms with Crippen molar-refractivity contribution in [3.8, 4) is 0 Å². The first-order valence-electron chi connectivity index (χ1n) is 9.77. The van der Waals surface area contributed by atoms with Crippen LogP contribution in [0.2, 0.25) is 0 Å². The van der Waals surface area contributed by atoms with Crippen LogP contribution in [-0.4, -0.2) is 50.3 Å². The van der Waals surface area contributed by atoms with Gasteiger partial charge in [0, 0.05) is 19.1 Å². The van der Waals surface area contributed by atoms with Crippen LogP contribution in [0, 0.1) is 12.8 Å². The van der Waals surface area contributed by atoms with E-state index in [1.807, 2.05) is 20.8 Å². The molecule has 7 nitrogen and oxygen atoms in total. The molecular formula is C20H30N2O5S. The lowest BCUT2D eigenvalue weighted by atomic mass is 9.98. The fourth-order valence-electron chi connectivity index (χ4n) is 3.27. The Balaban J connectivity index is 1.82. The molecule has 1 heterocycles. The van der Waals surface area contributed by atoms with E-state index < -0.39 is 16.0 Å². The highest BCUT2D eigenvalue weighted by Crippen LogP contribution is 2.24. The Kier molecular flexibility index (Phi) is 8.00. The molecular weight excluding hydrogens is 380 g/mol. The fourth-order valence-corrected chi connectivity index (χ4v) is 4.74. The highest BCUT2D eigenvalue weighted by molar-refractivity contribution is 7.89. The third kappa shape index (κ3) is 6.04. The van der Waals surface area contributed by atoms with Gasteiger partial charge < -0.3 is 10.1 Å². The molecule has 0 saturated carbocycles. The van der Waals surface area contributed by atoms with Gasteiger partial charge in [0.05, 0.1) is 10.8 Å². The van der Waals surface area contributed by atoms with E-state index in [-0.39, 0.29) is 42.5 Å². The molecule has 1 aromatic carbocycles. The number of amides is 1. The van der Waals surface area contributed by atoms with E-state index in [4.69, 9.17) is 4.74 Å². The Morgan fingerprint density at radius 1 is 1.21 bits per heavy atom. The van der Waals surface area contributed by atoms with E-state index in [9.17, 15) is 18.0 Å². The number of hydrogen-bond donors (Lipinski definition) is 1. The molecule has 1 amide bonds. The summed E-state index contributed by atoms with van der Waals surface area (Å²) < 4.78 is 31.9. The Labute approximate surface area is 167 Å². The number of carbonyl (C=O) groups is 2. The van der Waals surface area contributed by atoms with Crippen molar-refractivity contribution >= 4 is 21.9 Å². The van der Waals surface area contributed by atoms with Crippen molar-refractivity contribution < 1.29 is 22.7 Å². The molecule has 1 aliphatic heterocycles. The molecule has 1 fully saturated rings. The van der Waals surface area contributed by atoms with Gasteiger partial charge in [-0.2, -0.15) is 4.31 Å². The van der Waals surface area contributed by atoms with Gasteiger partial charge in [0.1, 0.15) is 0 Å². The van der Waals surface area contributed by atoms with Crippen LogP contribution < -0.4 is 5.32 Å². The third-order valence-corrected chi connectivity index (χ3v) is 6.83. The molecule has 2 rings (SSSR count). The number of rotatable bonds is 8. The first kappa shape index (κ1) is 22.4. The van der Waals surface area contributed by atoms with Crippen molar-refractivity contribution in [3.63, 3.8) is 0 Å². The van der Waals surface area contributed by atoms with Gasteiger partial charge >= 0.3 is 5.97 Å². The fraction of sp³-hybridized carbons (Fsp3) is 0.600. The average molecular weight is 411 g/mol. The molecule has 28 heavy (non-hydrogen) atoms. The SMILES string of the molecule is CCCC(C)NC(=O)COC(=O)C1CCN(S(=O)(=O)c2ccc(C)cc2)CC1. The standard InChI is InChI=1S/C20H30N2O5S/c1-4-5-16(3)21-19(23)14-27-20(24)17-10-12-22(13-11-17)28(25,26)18-8-6-15(2)7-9-18/h6-9,16-17H,4-5,10-14H2,1-3H3,(H,21,23). The number of hydrogen-bond acceptors (Lipinski definition) is 5. The molecule has 156 valence electrons. The normalized spacial score (nSPS) is 17.1. The second-order valence-electron chi connectivity index (χ2n) is 7.36. The molecule has 0 aliphatic carbocycles. The maximum Gasteiger partial charge on any atom is 0.309 e. The van der Waals surface area contributed by atoms with Gasteiger partial charge in [0.2, 0.25) is 10.0 Å². The predicted molar refractivity (Wildman–Crippen MR) is 106 cm³/mol. The summed E-state index contributed by atoms with van der Waals surface area (Å²) in [6.45, 7) is 6.07. The maximum absolute atomic E-state index is 12.7. The zero-order valence-corrected chi connectivity index (χ0v) is 17.6. The lowest BCUT2D eigenvalue weighted by molar-refractivity contribution is -0.153. The molecule has 0 radical (unpaired) electrons. The van der Waals surface area contributed by atoms with Crippen LogP contribution in [0.3, 0.4) is 0 Å². The minimum absolute atomic E-state index is 0.0476. The van der Waals surface area contributed by atoms with Gasteiger partial charge in [0.25, 0.3) is 5.91 Å². The molecule has 0 aromatic heterocycles. The molecule has 1 atom stereocenters. The Bertz CT molecular complexity index is 768. The number of aryl methyl sites for hydroxylation is 1. The summed E-state index contributed by atoms with van der Waals surface area (Å²) in [5.74, 6) is -1.13. The van der Waals surface area contributed by atoms with Gasteiger partial charge in [-0.1, -0.05) is 31.0 Å². The Morgan fingerprint density at radius 3 is 2.39 bits per heavy atom. The van der Waals surface area contributed by atoms with Gasteiger partial charge in [-0.15, -0.1) is 0 Å². The second kappa shape index (κ2) is 10.0. The van der Waals surface area contributed by atoms with Crippen LogP contribution in [0.1, 0.15) is 45.1 Å². The predicted octanol–water partition coefficient (Wildman–Crippen LogP) is 2.24. The lowest BCUT2D eigenvalue weighted by Gasteiger charge is -2.30. The molecule has 1 aliphatic rings. The number of benzene rings is 1. The second-order valence-corrected chi connectivity index (χ2v) is 9.29. The highest BCUT2D eigenvalue weighted by Gasteiger charge is 2.33. The molecule has 1 aromatic rings. The Hall–Kier alpha value is -1.93. The topological polar surface area (TPSA) is 92.8 Å².